The summed E-state index contributed by atoms with van der Waals surface area (Å²) in [6.45, 7) is -0.118. The highest BCUT2D eigenvalue weighted by Gasteiger charge is 2.37. The van der Waals surface area contributed by atoms with Crippen LogP contribution < -0.4 is 10.6 Å². The maximum absolute atomic E-state index is 12.8. The second-order valence-electron chi connectivity index (χ2n) is 5.34. The summed E-state index contributed by atoms with van der Waals surface area (Å²) in [6, 6.07) is 4.21. The van der Waals surface area contributed by atoms with Gasteiger partial charge in [-0.1, -0.05) is 29.3 Å². The first-order valence-electron chi connectivity index (χ1n) is 7.14. The van der Waals surface area contributed by atoms with Crippen molar-refractivity contribution in [1.82, 2.24) is 5.32 Å². The summed E-state index contributed by atoms with van der Waals surface area (Å²) in [6.07, 6.45) is -10.0. The normalized spacial score (nSPS) is 12.0. The first kappa shape index (κ1) is 21.2. The quantitative estimate of drug-likeness (QED) is 0.547. The standard InChI is InChI=1S/C16H10Cl2F6N2O/c17-11-2-1-8(13(18)6-11)7-25-14(27)26-12-4-9(15(19,20)21)3-10(5-12)16(22,23)24/h1-6H,7H2,(H2,25,26,27). The van der Waals surface area contributed by atoms with Crippen molar-refractivity contribution in [3.05, 3.63) is 63.1 Å². The number of hydrogen-bond acceptors (Lipinski definition) is 1. The molecule has 0 saturated carbocycles. The molecule has 0 fully saturated rings. The maximum atomic E-state index is 12.8. The third-order valence-electron chi connectivity index (χ3n) is 3.30. The van der Waals surface area contributed by atoms with E-state index >= 15 is 0 Å². The Bertz CT molecular complexity index is 820. The van der Waals surface area contributed by atoms with E-state index in [2.05, 4.69) is 5.32 Å². The number of rotatable bonds is 3. The molecule has 0 atom stereocenters. The first-order valence-corrected chi connectivity index (χ1v) is 7.90. The van der Waals surface area contributed by atoms with Crippen molar-refractivity contribution >= 4 is 34.9 Å². The monoisotopic (exact) mass is 430 g/mol. The fraction of sp³-hybridized carbons (Fsp3) is 0.188. The highest BCUT2D eigenvalue weighted by atomic mass is 35.5. The molecule has 0 radical (unpaired) electrons. The van der Waals surface area contributed by atoms with Gasteiger partial charge in [-0.05, 0) is 35.9 Å². The van der Waals surface area contributed by atoms with Crippen molar-refractivity contribution in [3.8, 4) is 0 Å². The molecule has 0 aliphatic heterocycles. The molecule has 3 nitrogen and oxygen atoms in total. The van der Waals surface area contributed by atoms with Crippen LogP contribution in [0.15, 0.2) is 36.4 Å². The van der Waals surface area contributed by atoms with E-state index < -0.39 is 35.2 Å². The first-order chi connectivity index (χ1) is 12.4. The Morgan fingerprint density at radius 3 is 1.93 bits per heavy atom. The predicted molar refractivity (Wildman–Crippen MR) is 88.8 cm³/mol. The van der Waals surface area contributed by atoms with Gasteiger partial charge in [0.2, 0.25) is 0 Å². The highest BCUT2D eigenvalue weighted by Crippen LogP contribution is 2.37. The van der Waals surface area contributed by atoms with Gasteiger partial charge >= 0.3 is 18.4 Å². The molecular weight excluding hydrogens is 421 g/mol. The van der Waals surface area contributed by atoms with Crippen LogP contribution in [0.4, 0.5) is 36.8 Å². The Labute approximate surface area is 159 Å². The third-order valence-corrected chi connectivity index (χ3v) is 3.89. The van der Waals surface area contributed by atoms with Crippen molar-refractivity contribution in [1.29, 1.82) is 0 Å². The van der Waals surface area contributed by atoms with Crippen molar-refractivity contribution in [2.75, 3.05) is 5.32 Å². The SMILES string of the molecule is O=C(NCc1ccc(Cl)cc1Cl)Nc1cc(C(F)(F)F)cc(C(F)(F)F)c1. The highest BCUT2D eigenvalue weighted by molar-refractivity contribution is 6.35. The molecule has 2 N–H and O–H groups in total. The lowest BCUT2D eigenvalue weighted by atomic mass is 10.1. The largest absolute Gasteiger partial charge is 0.416 e. The van der Waals surface area contributed by atoms with Gasteiger partial charge in [0.1, 0.15) is 0 Å². The van der Waals surface area contributed by atoms with E-state index in [1.165, 1.54) is 18.2 Å². The number of carbonyl (C=O) groups excluding carboxylic acids is 1. The van der Waals surface area contributed by atoms with E-state index in [-0.39, 0.29) is 17.6 Å². The number of nitrogens with one attached hydrogen (secondary N) is 2. The van der Waals surface area contributed by atoms with E-state index in [1.54, 1.807) is 0 Å². The molecule has 0 aliphatic rings. The number of benzene rings is 2. The molecule has 0 spiro atoms. The fourth-order valence-corrected chi connectivity index (χ4v) is 2.52. The lowest BCUT2D eigenvalue weighted by Gasteiger charge is -2.15. The number of carbonyl (C=O) groups is 1. The molecule has 2 aromatic rings. The van der Waals surface area contributed by atoms with Crippen LogP contribution >= 0.6 is 23.2 Å². The molecule has 27 heavy (non-hydrogen) atoms. The van der Waals surface area contributed by atoms with Gasteiger partial charge in [-0.2, -0.15) is 26.3 Å². The fourth-order valence-electron chi connectivity index (χ4n) is 2.04. The lowest BCUT2D eigenvalue weighted by Crippen LogP contribution is -2.28. The summed E-state index contributed by atoms with van der Waals surface area (Å²) in [7, 11) is 0. The van der Waals surface area contributed by atoms with Crippen LogP contribution in [0.5, 0.6) is 0 Å². The van der Waals surface area contributed by atoms with Gasteiger partial charge in [0, 0.05) is 22.3 Å². The van der Waals surface area contributed by atoms with E-state index in [4.69, 9.17) is 23.2 Å². The molecule has 0 unspecified atom stereocenters. The Balaban J connectivity index is 2.16. The van der Waals surface area contributed by atoms with Crippen LogP contribution in [0.2, 0.25) is 10.0 Å². The zero-order chi connectivity index (χ0) is 20.4. The van der Waals surface area contributed by atoms with Gasteiger partial charge in [-0.3, -0.25) is 0 Å². The van der Waals surface area contributed by atoms with E-state index in [9.17, 15) is 31.1 Å². The molecule has 0 aromatic heterocycles. The molecule has 11 heteroatoms. The van der Waals surface area contributed by atoms with Gasteiger partial charge in [0.15, 0.2) is 0 Å². The van der Waals surface area contributed by atoms with Gasteiger partial charge < -0.3 is 10.6 Å². The number of hydrogen-bond donors (Lipinski definition) is 2. The topological polar surface area (TPSA) is 41.1 Å². The Morgan fingerprint density at radius 1 is 0.889 bits per heavy atom. The van der Waals surface area contributed by atoms with Gasteiger partial charge in [-0.25, -0.2) is 4.79 Å². The van der Waals surface area contributed by atoms with E-state index in [0.29, 0.717) is 22.7 Å². The maximum Gasteiger partial charge on any atom is 0.416 e. The number of urea groups is 1. The number of amides is 2. The van der Waals surface area contributed by atoms with E-state index in [0.717, 1.165) is 0 Å². The predicted octanol–water partition coefficient (Wildman–Crippen LogP) is 6.35. The van der Waals surface area contributed by atoms with Crippen LogP contribution in [0.25, 0.3) is 0 Å². The van der Waals surface area contributed by atoms with Crippen molar-refractivity contribution < 1.29 is 31.1 Å². The van der Waals surface area contributed by atoms with Gasteiger partial charge in [0.05, 0.1) is 11.1 Å². The molecule has 2 rings (SSSR count). The molecular formula is C16H10Cl2F6N2O. The second-order valence-corrected chi connectivity index (χ2v) is 6.18. The van der Waals surface area contributed by atoms with Crippen molar-refractivity contribution in [2.45, 2.75) is 18.9 Å². The van der Waals surface area contributed by atoms with Crippen molar-refractivity contribution in [2.24, 2.45) is 0 Å². The zero-order valence-electron chi connectivity index (χ0n) is 13.1. The average Bonchev–Trinajstić information content (AvgIpc) is 2.52. The molecule has 0 heterocycles. The van der Waals surface area contributed by atoms with Crippen LogP contribution in [-0.4, -0.2) is 6.03 Å². The Morgan fingerprint density at radius 2 is 1.44 bits per heavy atom. The van der Waals surface area contributed by atoms with E-state index in [1.807, 2.05) is 5.32 Å². The summed E-state index contributed by atoms with van der Waals surface area (Å²) < 4.78 is 76.8. The van der Waals surface area contributed by atoms with Crippen LogP contribution in [0.1, 0.15) is 16.7 Å². The molecule has 2 amide bonds. The summed E-state index contributed by atoms with van der Waals surface area (Å²) >= 11 is 11.6. The Hall–Kier alpha value is -2.13. The molecule has 0 saturated heterocycles. The van der Waals surface area contributed by atoms with Crippen LogP contribution in [0.3, 0.4) is 0 Å². The van der Waals surface area contributed by atoms with Gasteiger partial charge in [0.25, 0.3) is 0 Å². The summed E-state index contributed by atoms with van der Waals surface area (Å²) in [4.78, 5) is 11.8. The smallest absolute Gasteiger partial charge is 0.334 e. The molecule has 146 valence electrons. The minimum absolute atomic E-state index is 0.0312. The number of halogens is 8. The third kappa shape index (κ3) is 5.93. The van der Waals surface area contributed by atoms with Crippen LogP contribution in [-0.2, 0) is 18.9 Å². The molecule has 0 aliphatic carbocycles. The number of anilines is 1. The number of alkyl halides is 6. The zero-order valence-corrected chi connectivity index (χ0v) is 14.6. The summed E-state index contributed by atoms with van der Waals surface area (Å²) in [5.41, 5.74) is -3.27. The average molecular weight is 431 g/mol. The minimum atomic E-state index is -5.01. The summed E-state index contributed by atoms with van der Waals surface area (Å²) in [5.74, 6) is 0. The van der Waals surface area contributed by atoms with Crippen LogP contribution in [0, 0.1) is 0 Å². The molecule has 0 bridgehead atoms. The lowest BCUT2D eigenvalue weighted by molar-refractivity contribution is -0.143. The molecule has 2 aromatic carbocycles. The Kier molecular flexibility index (Phi) is 6.16. The van der Waals surface area contributed by atoms with Crippen molar-refractivity contribution in [3.63, 3.8) is 0 Å². The summed E-state index contributed by atoms with van der Waals surface area (Å²) in [5, 5.41) is 4.83. The second kappa shape index (κ2) is 7.85. The minimum Gasteiger partial charge on any atom is -0.334 e. The van der Waals surface area contributed by atoms with Gasteiger partial charge in [-0.15, -0.1) is 0 Å².